The second kappa shape index (κ2) is 8.80. The van der Waals surface area contributed by atoms with Gasteiger partial charge < -0.3 is 9.53 Å². The molecule has 0 aromatic heterocycles. The van der Waals surface area contributed by atoms with E-state index in [1.807, 2.05) is 13.0 Å². The number of hydrogen-bond donors (Lipinski definition) is 1. The summed E-state index contributed by atoms with van der Waals surface area (Å²) in [5, 5.41) is 12.3. The quantitative estimate of drug-likeness (QED) is 0.561. The normalized spacial score (nSPS) is 14.7. The third kappa shape index (κ3) is 4.53. The van der Waals surface area contributed by atoms with Crippen molar-refractivity contribution >= 4 is 18.7 Å². The summed E-state index contributed by atoms with van der Waals surface area (Å²) in [5.74, 6) is 0.136. The Morgan fingerprint density at radius 2 is 1.46 bits per heavy atom. The van der Waals surface area contributed by atoms with E-state index in [1.165, 1.54) is 10.4 Å². The smallest absolute Gasteiger partial charge is 0.261 e. The molecule has 26 heavy (non-hydrogen) atoms. The van der Waals surface area contributed by atoms with Crippen LogP contribution in [-0.4, -0.2) is 26.1 Å². The molecule has 0 unspecified atom stereocenters. The molecule has 0 aliphatic heterocycles. The van der Waals surface area contributed by atoms with E-state index in [0.717, 1.165) is 0 Å². The molecule has 0 saturated carbocycles. The minimum absolute atomic E-state index is 0.0355. The SMILES string of the molecule is C=C[C@H](CO[Si](c1ccccc1)(c1ccccc1)C(C)(C)C)C[C@H](C)O. The fourth-order valence-corrected chi connectivity index (χ4v) is 8.28. The average Bonchev–Trinajstić information content (AvgIpc) is 2.61. The number of aliphatic hydroxyl groups excluding tert-OH is 1. The molecule has 2 nitrogen and oxygen atoms in total. The van der Waals surface area contributed by atoms with Gasteiger partial charge in [0, 0.05) is 12.5 Å². The van der Waals surface area contributed by atoms with Crippen molar-refractivity contribution in [2.75, 3.05) is 6.61 Å². The first-order valence-corrected chi connectivity index (χ1v) is 11.3. The molecule has 0 saturated heterocycles. The zero-order valence-electron chi connectivity index (χ0n) is 16.5. The molecule has 2 aromatic carbocycles. The largest absolute Gasteiger partial charge is 0.407 e. The highest BCUT2D eigenvalue weighted by Crippen LogP contribution is 2.37. The van der Waals surface area contributed by atoms with Crippen LogP contribution in [0.4, 0.5) is 0 Å². The molecule has 1 N–H and O–H groups in total. The zero-order valence-corrected chi connectivity index (χ0v) is 17.5. The Hall–Kier alpha value is -1.68. The van der Waals surface area contributed by atoms with Crippen LogP contribution in [-0.2, 0) is 4.43 Å². The van der Waals surface area contributed by atoms with Crippen molar-refractivity contribution in [3.63, 3.8) is 0 Å². The molecule has 0 bridgehead atoms. The summed E-state index contributed by atoms with van der Waals surface area (Å²) in [4.78, 5) is 0. The predicted octanol–water partition coefficient (Wildman–Crippen LogP) is 4.14. The van der Waals surface area contributed by atoms with E-state index in [0.29, 0.717) is 13.0 Å². The van der Waals surface area contributed by atoms with Gasteiger partial charge in [-0.2, -0.15) is 0 Å². The maximum atomic E-state index is 9.79. The minimum Gasteiger partial charge on any atom is -0.407 e. The minimum atomic E-state index is -2.51. The Labute approximate surface area is 159 Å². The third-order valence-electron chi connectivity index (χ3n) is 4.91. The van der Waals surface area contributed by atoms with Gasteiger partial charge in [0.25, 0.3) is 8.32 Å². The summed E-state index contributed by atoms with van der Waals surface area (Å²) in [7, 11) is -2.51. The lowest BCUT2D eigenvalue weighted by Gasteiger charge is -2.43. The van der Waals surface area contributed by atoms with E-state index in [2.05, 4.69) is 88.0 Å². The monoisotopic (exact) mass is 368 g/mol. The van der Waals surface area contributed by atoms with Gasteiger partial charge in [-0.3, -0.25) is 0 Å². The zero-order chi connectivity index (χ0) is 19.2. The second-order valence-corrected chi connectivity index (χ2v) is 12.4. The Morgan fingerprint density at radius 3 is 1.81 bits per heavy atom. The van der Waals surface area contributed by atoms with Gasteiger partial charge in [-0.15, -0.1) is 6.58 Å². The molecule has 0 aliphatic rings. The lowest BCUT2D eigenvalue weighted by atomic mass is 10.0. The lowest BCUT2D eigenvalue weighted by Crippen LogP contribution is -2.66. The molecule has 0 heterocycles. The van der Waals surface area contributed by atoms with Crippen LogP contribution in [0.25, 0.3) is 0 Å². The van der Waals surface area contributed by atoms with Crippen molar-refractivity contribution in [3.05, 3.63) is 73.3 Å². The van der Waals surface area contributed by atoms with E-state index in [1.54, 1.807) is 0 Å². The summed E-state index contributed by atoms with van der Waals surface area (Å²) in [6.45, 7) is 13.2. The van der Waals surface area contributed by atoms with Gasteiger partial charge in [-0.1, -0.05) is 87.5 Å². The second-order valence-electron chi connectivity index (χ2n) is 8.05. The topological polar surface area (TPSA) is 29.5 Å². The number of rotatable bonds is 8. The predicted molar refractivity (Wildman–Crippen MR) is 114 cm³/mol. The Morgan fingerprint density at radius 1 is 1.00 bits per heavy atom. The highest BCUT2D eigenvalue weighted by atomic mass is 28.4. The average molecular weight is 369 g/mol. The van der Waals surface area contributed by atoms with E-state index in [4.69, 9.17) is 4.43 Å². The summed E-state index contributed by atoms with van der Waals surface area (Å²) >= 11 is 0. The van der Waals surface area contributed by atoms with Gasteiger partial charge in [0.1, 0.15) is 0 Å². The molecule has 2 rings (SSSR count). The molecule has 0 fully saturated rings. The molecule has 0 amide bonds. The Balaban J connectivity index is 2.52. The van der Waals surface area contributed by atoms with Crippen LogP contribution >= 0.6 is 0 Å². The van der Waals surface area contributed by atoms with Gasteiger partial charge in [0.2, 0.25) is 0 Å². The van der Waals surface area contributed by atoms with E-state index in [9.17, 15) is 5.11 Å². The molecule has 3 heteroatoms. The summed E-state index contributed by atoms with van der Waals surface area (Å²) in [6, 6.07) is 21.3. The summed E-state index contributed by atoms with van der Waals surface area (Å²) < 4.78 is 6.88. The van der Waals surface area contributed by atoms with E-state index >= 15 is 0 Å². The van der Waals surface area contributed by atoms with Crippen LogP contribution in [0.2, 0.25) is 5.04 Å². The lowest BCUT2D eigenvalue weighted by molar-refractivity contribution is 0.148. The van der Waals surface area contributed by atoms with Crippen molar-refractivity contribution in [2.24, 2.45) is 5.92 Å². The van der Waals surface area contributed by atoms with Gasteiger partial charge in [0.05, 0.1) is 6.10 Å². The fraction of sp³-hybridized carbons (Fsp3) is 0.391. The van der Waals surface area contributed by atoms with Crippen LogP contribution in [0.1, 0.15) is 34.1 Å². The van der Waals surface area contributed by atoms with Crippen LogP contribution in [0.5, 0.6) is 0 Å². The molecular weight excluding hydrogens is 336 g/mol. The molecule has 0 aliphatic carbocycles. The molecule has 2 atom stereocenters. The fourth-order valence-electron chi connectivity index (χ4n) is 3.66. The first-order valence-electron chi connectivity index (χ1n) is 9.37. The number of aliphatic hydroxyl groups is 1. The van der Waals surface area contributed by atoms with E-state index < -0.39 is 8.32 Å². The number of benzene rings is 2. The molecule has 140 valence electrons. The maximum Gasteiger partial charge on any atom is 0.261 e. The summed E-state index contributed by atoms with van der Waals surface area (Å²) in [6.07, 6.45) is 2.22. The highest BCUT2D eigenvalue weighted by molar-refractivity contribution is 6.99. The maximum absolute atomic E-state index is 9.79. The van der Waals surface area contributed by atoms with Crippen LogP contribution < -0.4 is 10.4 Å². The van der Waals surface area contributed by atoms with Gasteiger partial charge in [-0.25, -0.2) is 0 Å². The highest BCUT2D eigenvalue weighted by Gasteiger charge is 2.50. The number of hydrogen-bond acceptors (Lipinski definition) is 2. The molecule has 0 spiro atoms. The van der Waals surface area contributed by atoms with Crippen molar-refractivity contribution in [1.82, 2.24) is 0 Å². The van der Waals surface area contributed by atoms with Gasteiger partial charge in [0.15, 0.2) is 0 Å². The molecule has 0 radical (unpaired) electrons. The summed E-state index contributed by atoms with van der Waals surface area (Å²) in [5.41, 5.74) is 0. The van der Waals surface area contributed by atoms with Crippen molar-refractivity contribution in [2.45, 2.75) is 45.3 Å². The molecular formula is C23H32O2Si. The van der Waals surface area contributed by atoms with Crippen LogP contribution in [0, 0.1) is 5.92 Å². The van der Waals surface area contributed by atoms with Crippen molar-refractivity contribution < 1.29 is 9.53 Å². The van der Waals surface area contributed by atoms with Crippen molar-refractivity contribution in [3.8, 4) is 0 Å². The van der Waals surface area contributed by atoms with Crippen LogP contribution in [0.3, 0.4) is 0 Å². The first kappa shape index (κ1) is 20.6. The Bertz CT molecular complexity index is 635. The van der Waals surface area contributed by atoms with Gasteiger partial charge in [-0.05, 0) is 28.8 Å². The van der Waals surface area contributed by atoms with Crippen molar-refractivity contribution in [1.29, 1.82) is 0 Å². The molecule has 2 aromatic rings. The van der Waals surface area contributed by atoms with Crippen LogP contribution in [0.15, 0.2) is 73.3 Å². The van der Waals surface area contributed by atoms with Gasteiger partial charge >= 0.3 is 0 Å². The third-order valence-corrected chi connectivity index (χ3v) is 9.91. The standard InChI is InChI=1S/C23H32O2Si/c1-6-20(17-19(2)24)18-25-26(23(3,4)5,21-13-9-7-10-14-21)22-15-11-8-12-16-22/h6-16,19-20,24H,1,17-18H2,2-5H3/t19-,20-/m0/s1. The first-order chi connectivity index (χ1) is 12.3. The Kier molecular flexibility index (Phi) is 6.99. The van der Waals surface area contributed by atoms with E-state index in [-0.39, 0.29) is 17.1 Å².